The second kappa shape index (κ2) is 7.66. The van der Waals surface area contributed by atoms with Gasteiger partial charge in [0.05, 0.1) is 5.92 Å². The molecule has 0 spiro atoms. The maximum Gasteiger partial charge on any atom is 0.317 e. The van der Waals surface area contributed by atoms with Gasteiger partial charge in [0, 0.05) is 19.6 Å². The summed E-state index contributed by atoms with van der Waals surface area (Å²) in [7, 11) is 0. The van der Waals surface area contributed by atoms with Gasteiger partial charge in [-0.25, -0.2) is 4.79 Å². The number of amides is 2. The second-order valence-corrected chi connectivity index (χ2v) is 6.77. The third-order valence-corrected chi connectivity index (χ3v) is 5.02. The molecule has 2 rings (SSSR count). The molecule has 2 fully saturated rings. The first-order chi connectivity index (χ1) is 10.1. The summed E-state index contributed by atoms with van der Waals surface area (Å²) < 4.78 is 0. The van der Waals surface area contributed by atoms with Crippen molar-refractivity contribution in [3.8, 4) is 0 Å². The number of nitrogens with one attached hydrogen (secondary N) is 1. The van der Waals surface area contributed by atoms with E-state index < -0.39 is 11.9 Å². The Kier molecular flexibility index (Phi) is 5.88. The zero-order valence-electron chi connectivity index (χ0n) is 13.0. The van der Waals surface area contributed by atoms with Gasteiger partial charge in [-0.1, -0.05) is 32.6 Å². The summed E-state index contributed by atoms with van der Waals surface area (Å²) in [6.07, 6.45) is 7.69. The van der Waals surface area contributed by atoms with Crippen LogP contribution in [-0.4, -0.2) is 41.6 Å². The number of hydrogen-bond acceptors (Lipinski definition) is 2. The molecule has 2 amide bonds. The molecule has 1 saturated carbocycles. The van der Waals surface area contributed by atoms with Crippen LogP contribution < -0.4 is 5.32 Å². The van der Waals surface area contributed by atoms with E-state index in [1.807, 2.05) is 0 Å². The standard InChI is InChI=1S/C16H28N2O3/c1-12-4-6-13(7-5-12)8-9-17-16(21)18-10-2-3-14(11-18)15(19)20/h12-14H,2-11H2,1H3,(H,17,21)(H,19,20)/t12?,13?,14-/m1/s1. The molecule has 2 N–H and O–H groups in total. The highest BCUT2D eigenvalue weighted by molar-refractivity contribution is 5.76. The predicted octanol–water partition coefficient (Wildman–Crippen LogP) is 2.71. The lowest BCUT2D eigenvalue weighted by atomic mass is 9.81. The molecule has 0 aromatic heterocycles. The number of hydrogen-bond donors (Lipinski definition) is 2. The van der Waals surface area contributed by atoms with Crippen molar-refractivity contribution in [2.45, 2.75) is 51.9 Å². The molecule has 0 unspecified atom stereocenters. The van der Waals surface area contributed by atoms with E-state index in [4.69, 9.17) is 5.11 Å². The number of carboxylic acid groups (broad SMARTS) is 1. The van der Waals surface area contributed by atoms with Crippen LogP contribution in [0.5, 0.6) is 0 Å². The summed E-state index contributed by atoms with van der Waals surface area (Å²) in [5.41, 5.74) is 0. The number of carboxylic acids is 1. The van der Waals surface area contributed by atoms with Gasteiger partial charge in [-0.3, -0.25) is 4.79 Å². The number of carbonyl (C=O) groups excluding carboxylic acids is 1. The summed E-state index contributed by atoms with van der Waals surface area (Å²) in [6.45, 7) is 4.05. The van der Waals surface area contributed by atoms with Crippen molar-refractivity contribution in [1.82, 2.24) is 10.2 Å². The van der Waals surface area contributed by atoms with Crippen LogP contribution in [0.4, 0.5) is 4.79 Å². The van der Waals surface area contributed by atoms with Crippen LogP contribution in [0.25, 0.3) is 0 Å². The van der Waals surface area contributed by atoms with Gasteiger partial charge >= 0.3 is 12.0 Å². The SMILES string of the molecule is CC1CCC(CCNC(=O)N2CCC[C@@H](C(=O)O)C2)CC1. The monoisotopic (exact) mass is 296 g/mol. The predicted molar refractivity (Wildman–Crippen MR) is 81.1 cm³/mol. The average Bonchev–Trinajstić information content (AvgIpc) is 2.49. The van der Waals surface area contributed by atoms with E-state index in [1.165, 1.54) is 25.7 Å². The molecular formula is C16H28N2O3. The Morgan fingerprint density at radius 2 is 1.90 bits per heavy atom. The van der Waals surface area contributed by atoms with Gasteiger partial charge in [-0.2, -0.15) is 0 Å². The molecule has 0 radical (unpaired) electrons. The van der Waals surface area contributed by atoms with Gasteiger partial charge in [-0.15, -0.1) is 0 Å². The van der Waals surface area contributed by atoms with Crippen LogP contribution >= 0.6 is 0 Å². The fraction of sp³-hybridized carbons (Fsp3) is 0.875. The van der Waals surface area contributed by atoms with Crippen molar-refractivity contribution in [3.63, 3.8) is 0 Å². The maximum absolute atomic E-state index is 12.1. The largest absolute Gasteiger partial charge is 0.481 e. The third-order valence-electron chi connectivity index (χ3n) is 5.02. The number of piperidine rings is 1. The molecule has 5 heteroatoms. The Morgan fingerprint density at radius 1 is 1.19 bits per heavy atom. The Morgan fingerprint density at radius 3 is 2.57 bits per heavy atom. The highest BCUT2D eigenvalue weighted by Gasteiger charge is 2.28. The lowest BCUT2D eigenvalue weighted by Gasteiger charge is -2.31. The Balaban J connectivity index is 1.66. The number of aliphatic carboxylic acids is 1. The summed E-state index contributed by atoms with van der Waals surface area (Å²) in [5.74, 6) is 0.417. The van der Waals surface area contributed by atoms with Crippen molar-refractivity contribution in [1.29, 1.82) is 0 Å². The van der Waals surface area contributed by atoms with Gasteiger partial charge in [0.15, 0.2) is 0 Å². The Bertz CT molecular complexity index is 365. The molecule has 1 heterocycles. The van der Waals surface area contributed by atoms with Crippen molar-refractivity contribution in [2.75, 3.05) is 19.6 Å². The third kappa shape index (κ3) is 4.90. The van der Waals surface area contributed by atoms with Crippen LogP contribution in [-0.2, 0) is 4.79 Å². The minimum Gasteiger partial charge on any atom is -0.481 e. The van der Waals surface area contributed by atoms with E-state index >= 15 is 0 Å². The smallest absolute Gasteiger partial charge is 0.317 e. The van der Waals surface area contributed by atoms with E-state index in [9.17, 15) is 9.59 Å². The lowest BCUT2D eigenvalue weighted by Crippen LogP contribution is -2.47. The van der Waals surface area contributed by atoms with E-state index in [0.717, 1.165) is 24.7 Å². The van der Waals surface area contributed by atoms with Crippen LogP contribution in [0.2, 0.25) is 0 Å². The number of urea groups is 1. The van der Waals surface area contributed by atoms with Crippen molar-refractivity contribution in [3.05, 3.63) is 0 Å². The highest BCUT2D eigenvalue weighted by atomic mass is 16.4. The lowest BCUT2D eigenvalue weighted by molar-refractivity contribution is -0.143. The zero-order chi connectivity index (χ0) is 15.2. The van der Waals surface area contributed by atoms with E-state index in [2.05, 4.69) is 12.2 Å². The van der Waals surface area contributed by atoms with Gasteiger partial charge in [0.25, 0.3) is 0 Å². The molecule has 2 aliphatic rings. The van der Waals surface area contributed by atoms with Crippen LogP contribution in [0.15, 0.2) is 0 Å². The summed E-state index contributed by atoms with van der Waals surface area (Å²) in [4.78, 5) is 24.8. The van der Waals surface area contributed by atoms with Crippen molar-refractivity contribution >= 4 is 12.0 Å². The van der Waals surface area contributed by atoms with E-state index in [1.54, 1.807) is 4.90 Å². The summed E-state index contributed by atoms with van der Waals surface area (Å²) in [5, 5.41) is 12.0. The molecule has 120 valence electrons. The summed E-state index contributed by atoms with van der Waals surface area (Å²) in [6, 6.07) is -0.0925. The zero-order valence-corrected chi connectivity index (χ0v) is 13.0. The van der Waals surface area contributed by atoms with Gasteiger partial charge < -0.3 is 15.3 Å². The van der Waals surface area contributed by atoms with Crippen LogP contribution in [0, 0.1) is 17.8 Å². The van der Waals surface area contributed by atoms with Crippen molar-refractivity contribution < 1.29 is 14.7 Å². The first-order valence-electron chi connectivity index (χ1n) is 8.32. The molecular weight excluding hydrogens is 268 g/mol. The molecule has 1 aliphatic carbocycles. The molecule has 0 aromatic carbocycles. The van der Waals surface area contributed by atoms with E-state index in [0.29, 0.717) is 26.1 Å². The molecule has 0 bridgehead atoms. The van der Waals surface area contributed by atoms with Crippen LogP contribution in [0.1, 0.15) is 51.9 Å². The van der Waals surface area contributed by atoms with Crippen molar-refractivity contribution in [2.24, 2.45) is 17.8 Å². The number of likely N-dealkylation sites (tertiary alicyclic amines) is 1. The average molecular weight is 296 g/mol. The van der Waals surface area contributed by atoms with Gasteiger partial charge in [0.1, 0.15) is 0 Å². The molecule has 21 heavy (non-hydrogen) atoms. The molecule has 1 aliphatic heterocycles. The number of rotatable bonds is 4. The fourth-order valence-corrected chi connectivity index (χ4v) is 3.48. The quantitative estimate of drug-likeness (QED) is 0.838. The number of carbonyl (C=O) groups is 2. The Hall–Kier alpha value is -1.26. The Labute approximate surface area is 127 Å². The van der Waals surface area contributed by atoms with Crippen LogP contribution in [0.3, 0.4) is 0 Å². The van der Waals surface area contributed by atoms with Gasteiger partial charge in [-0.05, 0) is 31.1 Å². The fourth-order valence-electron chi connectivity index (χ4n) is 3.48. The minimum absolute atomic E-state index is 0.0925. The molecule has 1 saturated heterocycles. The molecule has 5 nitrogen and oxygen atoms in total. The van der Waals surface area contributed by atoms with Gasteiger partial charge in [0.2, 0.25) is 0 Å². The topological polar surface area (TPSA) is 69.6 Å². The first-order valence-corrected chi connectivity index (χ1v) is 8.32. The number of nitrogens with zero attached hydrogens (tertiary/aromatic N) is 1. The minimum atomic E-state index is -0.788. The first kappa shape index (κ1) is 16.1. The molecule has 1 atom stereocenters. The maximum atomic E-state index is 12.1. The highest BCUT2D eigenvalue weighted by Crippen LogP contribution is 2.29. The van der Waals surface area contributed by atoms with E-state index in [-0.39, 0.29) is 6.03 Å². The normalized spacial score (nSPS) is 30.0. The second-order valence-electron chi connectivity index (χ2n) is 6.77. The summed E-state index contributed by atoms with van der Waals surface area (Å²) >= 11 is 0. The molecule has 0 aromatic rings.